The van der Waals surface area contributed by atoms with E-state index in [2.05, 4.69) is 0 Å². The summed E-state index contributed by atoms with van der Waals surface area (Å²) >= 11 is 6.09. The maximum Gasteiger partial charge on any atom is 0.305 e. The fourth-order valence-corrected chi connectivity index (χ4v) is 3.00. The number of aromatic hydroxyl groups is 2. The fraction of sp³-hybridized carbons (Fsp3) is 0.154. The first kappa shape index (κ1) is 15.3. The Labute approximate surface area is 129 Å². The summed E-state index contributed by atoms with van der Waals surface area (Å²) in [5.41, 5.74) is 0.367. The molecule has 0 radical (unpaired) electrons. The Morgan fingerprint density at radius 1 is 1.38 bits per heavy atom. The van der Waals surface area contributed by atoms with Crippen LogP contribution in [0.2, 0.25) is 0 Å². The Bertz CT molecular complexity index is 656. The molecule has 1 aliphatic heterocycles. The van der Waals surface area contributed by atoms with Crippen molar-refractivity contribution < 1.29 is 24.9 Å². The van der Waals surface area contributed by atoms with Gasteiger partial charge in [0.1, 0.15) is 15.8 Å². The van der Waals surface area contributed by atoms with Crippen LogP contribution in [0.3, 0.4) is 0 Å². The van der Waals surface area contributed by atoms with Gasteiger partial charge < -0.3 is 15.3 Å². The van der Waals surface area contributed by atoms with Crippen molar-refractivity contribution in [1.82, 2.24) is 4.90 Å². The summed E-state index contributed by atoms with van der Waals surface area (Å²) in [7, 11) is 0. The SMILES string of the molecule is O=C(O)CCN1C(=O)/C(=C\c2ccc(O)cc2O)SC1=S. The van der Waals surface area contributed by atoms with Crippen molar-refractivity contribution >= 4 is 46.3 Å². The molecule has 0 saturated carbocycles. The van der Waals surface area contributed by atoms with Gasteiger partial charge in [0.25, 0.3) is 5.91 Å². The molecule has 0 unspecified atom stereocenters. The lowest BCUT2D eigenvalue weighted by atomic mass is 10.1. The van der Waals surface area contributed by atoms with E-state index in [-0.39, 0.29) is 28.8 Å². The number of phenolic OH excluding ortho intramolecular Hbond substituents is 2. The summed E-state index contributed by atoms with van der Waals surface area (Å²) in [4.78, 5) is 24.2. The molecule has 3 N–H and O–H groups in total. The lowest BCUT2D eigenvalue weighted by Gasteiger charge is -2.12. The molecule has 0 aromatic heterocycles. The zero-order valence-corrected chi connectivity index (χ0v) is 12.3. The van der Waals surface area contributed by atoms with Gasteiger partial charge >= 0.3 is 5.97 Å². The van der Waals surface area contributed by atoms with Gasteiger partial charge in [-0.1, -0.05) is 24.0 Å². The molecule has 6 nitrogen and oxygen atoms in total. The number of benzene rings is 1. The summed E-state index contributed by atoms with van der Waals surface area (Å²) < 4.78 is 0.283. The minimum absolute atomic E-state index is 0.0128. The zero-order chi connectivity index (χ0) is 15.6. The standard InChI is InChI=1S/C13H11NO5S2/c15-8-2-1-7(9(16)6-8)5-10-12(19)14(13(20)21-10)4-3-11(17)18/h1-2,5-6,15-16H,3-4H2,(H,17,18)/b10-5+. The van der Waals surface area contributed by atoms with E-state index in [1.54, 1.807) is 0 Å². The topological polar surface area (TPSA) is 98.1 Å². The van der Waals surface area contributed by atoms with Crippen molar-refractivity contribution in [3.63, 3.8) is 0 Å². The Hall–Kier alpha value is -2.06. The minimum Gasteiger partial charge on any atom is -0.508 e. The molecule has 1 heterocycles. The molecule has 2 rings (SSSR count). The molecule has 1 aliphatic rings. The van der Waals surface area contributed by atoms with E-state index in [4.69, 9.17) is 17.3 Å². The molecule has 21 heavy (non-hydrogen) atoms. The second-order valence-corrected chi connectivity index (χ2v) is 5.90. The van der Waals surface area contributed by atoms with Crippen molar-refractivity contribution in [2.75, 3.05) is 6.54 Å². The average Bonchev–Trinajstić information content (AvgIpc) is 2.65. The third-order valence-electron chi connectivity index (χ3n) is 2.72. The summed E-state index contributed by atoms with van der Waals surface area (Å²) in [5.74, 6) is -1.65. The molecule has 110 valence electrons. The van der Waals surface area contributed by atoms with Crippen LogP contribution in [0.15, 0.2) is 23.1 Å². The van der Waals surface area contributed by atoms with Gasteiger partial charge in [0.2, 0.25) is 0 Å². The van der Waals surface area contributed by atoms with Gasteiger partial charge in [-0.05, 0) is 18.2 Å². The molecule has 1 aromatic carbocycles. The van der Waals surface area contributed by atoms with Gasteiger partial charge in [-0.3, -0.25) is 14.5 Å². The smallest absolute Gasteiger partial charge is 0.305 e. The number of carboxylic acid groups (broad SMARTS) is 1. The summed E-state index contributed by atoms with van der Waals surface area (Å²) in [6, 6.07) is 4.02. The first-order valence-electron chi connectivity index (χ1n) is 5.87. The van der Waals surface area contributed by atoms with Crippen LogP contribution >= 0.6 is 24.0 Å². The number of nitrogens with zero attached hydrogens (tertiary/aromatic N) is 1. The number of hydrogen-bond acceptors (Lipinski definition) is 6. The zero-order valence-electron chi connectivity index (χ0n) is 10.6. The molecule has 1 aromatic rings. The highest BCUT2D eigenvalue weighted by Gasteiger charge is 2.32. The van der Waals surface area contributed by atoms with E-state index in [1.165, 1.54) is 23.1 Å². The minimum atomic E-state index is -1.01. The first-order valence-corrected chi connectivity index (χ1v) is 7.10. The molecule has 1 saturated heterocycles. The Balaban J connectivity index is 2.21. The lowest BCUT2D eigenvalue weighted by molar-refractivity contribution is -0.137. The van der Waals surface area contributed by atoms with Gasteiger partial charge in [-0.25, -0.2) is 0 Å². The third kappa shape index (κ3) is 3.53. The quantitative estimate of drug-likeness (QED) is 0.573. The number of phenols is 2. The molecule has 1 fully saturated rings. The second kappa shape index (κ2) is 6.15. The van der Waals surface area contributed by atoms with E-state index in [1.807, 2.05) is 0 Å². The molecule has 8 heteroatoms. The van der Waals surface area contributed by atoms with E-state index >= 15 is 0 Å². The number of rotatable bonds is 4. The molecular weight excluding hydrogens is 314 g/mol. The number of aliphatic carboxylic acids is 1. The summed E-state index contributed by atoms with van der Waals surface area (Å²) in [6.07, 6.45) is 1.26. The summed E-state index contributed by atoms with van der Waals surface area (Å²) in [6.45, 7) is 0.0128. The largest absolute Gasteiger partial charge is 0.508 e. The van der Waals surface area contributed by atoms with Crippen molar-refractivity contribution in [2.24, 2.45) is 0 Å². The number of carbonyl (C=O) groups is 2. The molecule has 0 bridgehead atoms. The molecular formula is C13H11NO5S2. The van der Waals surface area contributed by atoms with E-state index in [0.717, 1.165) is 17.8 Å². The molecule has 0 aliphatic carbocycles. The highest BCUT2D eigenvalue weighted by atomic mass is 32.2. The molecule has 0 atom stereocenters. The van der Waals surface area contributed by atoms with Gasteiger partial charge in [0, 0.05) is 18.2 Å². The van der Waals surface area contributed by atoms with Gasteiger partial charge in [-0.2, -0.15) is 0 Å². The van der Waals surface area contributed by atoms with E-state index in [9.17, 15) is 19.8 Å². The van der Waals surface area contributed by atoms with Crippen molar-refractivity contribution in [1.29, 1.82) is 0 Å². The average molecular weight is 325 g/mol. The van der Waals surface area contributed by atoms with Crippen molar-refractivity contribution in [2.45, 2.75) is 6.42 Å². The van der Waals surface area contributed by atoms with Crippen molar-refractivity contribution in [3.05, 3.63) is 28.7 Å². The van der Waals surface area contributed by atoms with Crippen molar-refractivity contribution in [3.8, 4) is 11.5 Å². The fourth-order valence-electron chi connectivity index (χ4n) is 1.70. The maximum absolute atomic E-state index is 12.1. The van der Waals surface area contributed by atoms with Crippen LogP contribution in [0, 0.1) is 0 Å². The van der Waals surface area contributed by atoms with Gasteiger partial charge in [0.05, 0.1) is 11.3 Å². The van der Waals surface area contributed by atoms with Crippen LogP contribution in [0.5, 0.6) is 11.5 Å². The van der Waals surface area contributed by atoms with Crippen LogP contribution in [0.1, 0.15) is 12.0 Å². The number of carboxylic acids is 1. The highest BCUT2D eigenvalue weighted by molar-refractivity contribution is 8.26. The third-order valence-corrected chi connectivity index (χ3v) is 4.10. The van der Waals surface area contributed by atoms with E-state index in [0.29, 0.717) is 10.5 Å². The number of thiocarbonyl (C=S) groups is 1. The molecule has 1 amide bonds. The van der Waals surface area contributed by atoms with E-state index < -0.39 is 11.9 Å². The van der Waals surface area contributed by atoms with Crippen LogP contribution in [0.25, 0.3) is 6.08 Å². The summed E-state index contributed by atoms with van der Waals surface area (Å²) in [5, 5.41) is 27.6. The Kier molecular flexibility index (Phi) is 4.49. The maximum atomic E-state index is 12.1. The first-order chi connectivity index (χ1) is 9.88. The van der Waals surface area contributed by atoms with Crippen LogP contribution in [0.4, 0.5) is 0 Å². The lowest BCUT2D eigenvalue weighted by Crippen LogP contribution is -2.30. The van der Waals surface area contributed by atoms with Crippen LogP contribution in [-0.2, 0) is 9.59 Å². The highest BCUT2D eigenvalue weighted by Crippen LogP contribution is 2.34. The van der Waals surface area contributed by atoms with Crippen LogP contribution < -0.4 is 0 Å². The van der Waals surface area contributed by atoms with Gasteiger partial charge in [-0.15, -0.1) is 0 Å². The predicted octanol–water partition coefficient (Wildman–Crippen LogP) is 1.77. The Morgan fingerprint density at radius 3 is 2.71 bits per heavy atom. The number of hydrogen-bond donors (Lipinski definition) is 3. The number of amides is 1. The molecule has 0 spiro atoms. The number of thioether (sulfide) groups is 1. The second-order valence-electron chi connectivity index (χ2n) is 4.22. The predicted molar refractivity (Wildman–Crippen MR) is 81.9 cm³/mol. The Morgan fingerprint density at radius 2 is 2.10 bits per heavy atom. The number of carbonyl (C=O) groups excluding carboxylic acids is 1. The normalized spacial score (nSPS) is 16.8. The monoisotopic (exact) mass is 325 g/mol. The van der Waals surface area contributed by atoms with Crippen LogP contribution in [-0.4, -0.2) is 43.0 Å². The van der Waals surface area contributed by atoms with Gasteiger partial charge in [0.15, 0.2) is 0 Å².